The van der Waals surface area contributed by atoms with E-state index in [-0.39, 0.29) is 0 Å². The van der Waals surface area contributed by atoms with Gasteiger partial charge in [0.15, 0.2) is 0 Å². The Bertz CT molecular complexity index is 257. The Hall–Kier alpha value is -1.09. The quantitative estimate of drug-likeness (QED) is 0.663. The number of nitrogens with one attached hydrogen (secondary N) is 2. The topological polar surface area (TPSA) is 37.0 Å². The summed E-state index contributed by atoms with van der Waals surface area (Å²) in [6, 6.07) is 4.67. The lowest BCUT2D eigenvalue weighted by atomic mass is 10.2. The molecule has 0 aliphatic carbocycles. The second-order valence-electron chi connectivity index (χ2n) is 3.98. The third kappa shape index (κ3) is 5.12. The minimum atomic E-state index is 0.681. The monoisotopic (exact) mass is 221 g/mol. The molecule has 0 bridgehead atoms. The average Bonchev–Trinajstić information content (AvgIpc) is 2.35. The molecule has 0 unspecified atom stereocenters. The van der Waals surface area contributed by atoms with E-state index in [0.29, 0.717) is 6.04 Å². The highest BCUT2D eigenvalue weighted by Crippen LogP contribution is 2.02. The highest BCUT2D eigenvalue weighted by Gasteiger charge is 2.00. The van der Waals surface area contributed by atoms with E-state index in [1.165, 1.54) is 12.8 Å². The Labute approximate surface area is 98.7 Å². The number of aromatic nitrogens is 1. The molecular weight excluding hydrogens is 198 g/mol. The molecule has 2 N–H and O–H groups in total. The maximum Gasteiger partial charge on any atom is 0.0371 e. The lowest BCUT2D eigenvalue weighted by Crippen LogP contribution is -2.29. The first-order valence-corrected chi connectivity index (χ1v) is 6.24. The van der Waals surface area contributed by atoms with Crippen LogP contribution in [-0.2, 0) is 0 Å². The van der Waals surface area contributed by atoms with Gasteiger partial charge in [0, 0.05) is 30.7 Å². The van der Waals surface area contributed by atoms with Crippen molar-refractivity contribution in [2.45, 2.75) is 39.2 Å². The third-order valence-corrected chi connectivity index (χ3v) is 2.78. The molecule has 3 heteroatoms. The van der Waals surface area contributed by atoms with Crippen molar-refractivity contribution in [3.8, 4) is 0 Å². The van der Waals surface area contributed by atoms with E-state index in [2.05, 4.69) is 29.5 Å². The van der Waals surface area contributed by atoms with Gasteiger partial charge in [0.1, 0.15) is 0 Å². The molecule has 0 saturated carbocycles. The lowest BCUT2D eigenvalue weighted by Gasteiger charge is -2.14. The van der Waals surface area contributed by atoms with Crippen LogP contribution in [0.25, 0.3) is 0 Å². The minimum absolute atomic E-state index is 0.681. The van der Waals surface area contributed by atoms with Gasteiger partial charge in [-0.3, -0.25) is 4.98 Å². The van der Waals surface area contributed by atoms with Crippen LogP contribution in [0.5, 0.6) is 0 Å². The molecule has 16 heavy (non-hydrogen) atoms. The summed E-state index contributed by atoms with van der Waals surface area (Å²) in [6.07, 6.45) is 7.21. The molecule has 3 nitrogen and oxygen atoms in total. The molecule has 0 radical (unpaired) electrons. The van der Waals surface area contributed by atoms with Crippen LogP contribution >= 0.6 is 0 Å². The van der Waals surface area contributed by atoms with Crippen LogP contribution in [-0.4, -0.2) is 24.1 Å². The number of rotatable bonds is 8. The largest absolute Gasteiger partial charge is 0.385 e. The zero-order valence-corrected chi connectivity index (χ0v) is 10.4. The van der Waals surface area contributed by atoms with Gasteiger partial charge in [-0.1, -0.05) is 13.8 Å². The van der Waals surface area contributed by atoms with Crippen molar-refractivity contribution in [2.24, 2.45) is 0 Å². The molecule has 1 rings (SSSR count). The van der Waals surface area contributed by atoms with Crippen molar-refractivity contribution in [2.75, 3.05) is 18.4 Å². The maximum atomic E-state index is 3.98. The first kappa shape index (κ1) is 13.0. The normalized spacial score (nSPS) is 10.7. The molecule has 1 aromatic rings. The van der Waals surface area contributed by atoms with Gasteiger partial charge in [0.05, 0.1) is 0 Å². The van der Waals surface area contributed by atoms with Gasteiger partial charge in [-0.25, -0.2) is 0 Å². The summed E-state index contributed by atoms with van der Waals surface area (Å²) in [4.78, 5) is 3.98. The highest BCUT2D eigenvalue weighted by molar-refractivity contribution is 5.40. The fraction of sp³-hybridized carbons (Fsp3) is 0.615. The summed E-state index contributed by atoms with van der Waals surface area (Å²) >= 11 is 0. The molecule has 0 aromatic carbocycles. The molecule has 1 heterocycles. The van der Waals surface area contributed by atoms with Crippen molar-refractivity contribution < 1.29 is 0 Å². The fourth-order valence-electron chi connectivity index (χ4n) is 1.67. The lowest BCUT2D eigenvalue weighted by molar-refractivity contribution is 0.482. The highest BCUT2D eigenvalue weighted by atomic mass is 14.9. The van der Waals surface area contributed by atoms with Gasteiger partial charge in [0.2, 0.25) is 0 Å². The summed E-state index contributed by atoms with van der Waals surface area (Å²) in [5, 5.41) is 6.93. The number of pyridine rings is 1. The number of anilines is 1. The second kappa shape index (κ2) is 8.11. The van der Waals surface area contributed by atoms with Crippen molar-refractivity contribution in [1.82, 2.24) is 10.3 Å². The molecule has 0 fully saturated rings. The first-order valence-electron chi connectivity index (χ1n) is 6.24. The second-order valence-corrected chi connectivity index (χ2v) is 3.98. The van der Waals surface area contributed by atoms with E-state index >= 15 is 0 Å². The molecular formula is C13H23N3. The van der Waals surface area contributed by atoms with Crippen LogP contribution in [0.15, 0.2) is 24.5 Å². The molecule has 0 amide bonds. The van der Waals surface area contributed by atoms with Gasteiger partial charge in [0.25, 0.3) is 0 Å². The predicted molar refractivity (Wildman–Crippen MR) is 69.7 cm³/mol. The number of hydrogen-bond donors (Lipinski definition) is 2. The summed E-state index contributed by atoms with van der Waals surface area (Å²) < 4.78 is 0. The van der Waals surface area contributed by atoms with Gasteiger partial charge >= 0.3 is 0 Å². The molecule has 1 aromatic heterocycles. The zero-order chi connectivity index (χ0) is 11.6. The zero-order valence-electron chi connectivity index (χ0n) is 10.4. The van der Waals surface area contributed by atoms with Crippen molar-refractivity contribution >= 4 is 5.69 Å². The van der Waals surface area contributed by atoms with Gasteiger partial charge in [-0.05, 0) is 37.9 Å². The SMILES string of the molecule is CCC(CC)NCCCNc1ccncc1. The third-order valence-electron chi connectivity index (χ3n) is 2.78. The van der Waals surface area contributed by atoms with Gasteiger partial charge in [-0.2, -0.15) is 0 Å². The summed E-state index contributed by atoms with van der Waals surface area (Å²) in [7, 11) is 0. The van der Waals surface area contributed by atoms with E-state index in [9.17, 15) is 0 Å². The smallest absolute Gasteiger partial charge is 0.0371 e. The minimum Gasteiger partial charge on any atom is -0.385 e. The first-order chi connectivity index (χ1) is 7.86. The van der Waals surface area contributed by atoms with E-state index < -0.39 is 0 Å². The maximum absolute atomic E-state index is 3.98. The fourth-order valence-corrected chi connectivity index (χ4v) is 1.67. The van der Waals surface area contributed by atoms with E-state index in [4.69, 9.17) is 0 Å². The molecule has 90 valence electrons. The molecule has 0 aliphatic rings. The van der Waals surface area contributed by atoms with Crippen LogP contribution in [0, 0.1) is 0 Å². The Morgan fingerprint density at radius 2 is 1.81 bits per heavy atom. The van der Waals surface area contributed by atoms with Crippen molar-refractivity contribution in [3.63, 3.8) is 0 Å². The Kier molecular flexibility index (Phi) is 6.58. The Balaban J connectivity index is 2.04. The van der Waals surface area contributed by atoms with Crippen LogP contribution in [0.4, 0.5) is 5.69 Å². The molecule has 0 spiro atoms. The summed E-state index contributed by atoms with van der Waals surface area (Å²) in [5.41, 5.74) is 1.15. The Morgan fingerprint density at radius 1 is 1.12 bits per heavy atom. The van der Waals surface area contributed by atoms with Crippen molar-refractivity contribution in [3.05, 3.63) is 24.5 Å². The van der Waals surface area contributed by atoms with E-state index in [1.807, 2.05) is 24.5 Å². The Morgan fingerprint density at radius 3 is 2.44 bits per heavy atom. The van der Waals surface area contributed by atoms with E-state index in [1.54, 1.807) is 0 Å². The molecule has 0 atom stereocenters. The number of hydrogen-bond acceptors (Lipinski definition) is 3. The van der Waals surface area contributed by atoms with Crippen LogP contribution < -0.4 is 10.6 Å². The number of nitrogens with zero attached hydrogens (tertiary/aromatic N) is 1. The van der Waals surface area contributed by atoms with Crippen LogP contribution in [0.3, 0.4) is 0 Å². The van der Waals surface area contributed by atoms with Crippen LogP contribution in [0.2, 0.25) is 0 Å². The summed E-state index contributed by atoms with van der Waals surface area (Å²) in [6.45, 7) is 6.56. The van der Waals surface area contributed by atoms with Gasteiger partial charge < -0.3 is 10.6 Å². The van der Waals surface area contributed by atoms with Crippen LogP contribution in [0.1, 0.15) is 33.1 Å². The van der Waals surface area contributed by atoms with Crippen molar-refractivity contribution in [1.29, 1.82) is 0 Å². The van der Waals surface area contributed by atoms with E-state index in [0.717, 1.165) is 25.2 Å². The molecule has 0 saturated heterocycles. The molecule has 0 aliphatic heterocycles. The van der Waals surface area contributed by atoms with Gasteiger partial charge in [-0.15, -0.1) is 0 Å². The standard InChI is InChI=1S/C13H23N3/c1-3-12(4-2)15-8-5-9-16-13-6-10-14-11-7-13/h6-7,10-12,15H,3-5,8-9H2,1-2H3,(H,14,16). The summed E-state index contributed by atoms with van der Waals surface area (Å²) in [5.74, 6) is 0. The predicted octanol–water partition coefficient (Wildman–Crippen LogP) is 2.66. The average molecular weight is 221 g/mol.